The number of benzene rings is 2. The minimum Gasteiger partial charge on any atom is -0.495 e. The van der Waals surface area contributed by atoms with E-state index < -0.39 is 22.0 Å². The van der Waals surface area contributed by atoms with E-state index in [-0.39, 0.29) is 16.6 Å². The summed E-state index contributed by atoms with van der Waals surface area (Å²) < 4.78 is 32.8. The molecule has 2 amide bonds. The van der Waals surface area contributed by atoms with Crippen molar-refractivity contribution in [2.45, 2.75) is 31.7 Å². The first-order valence-electron chi connectivity index (χ1n) is 8.48. The van der Waals surface area contributed by atoms with Gasteiger partial charge < -0.3 is 15.4 Å². The Morgan fingerprint density at radius 3 is 2.11 bits per heavy atom. The van der Waals surface area contributed by atoms with Gasteiger partial charge in [-0.2, -0.15) is 4.72 Å². The summed E-state index contributed by atoms with van der Waals surface area (Å²) >= 11 is 0. The smallest absolute Gasteiger partial charge is 0.244 e. The van der Waals surface area contributed by atoms with Crippen molar-refractivity contribution in [2.75, 3.05) is 17.7 Å². The van der Waals surface area contributed by atoms with E-state index in [0.717, 1.165) is 5.56 Å². The minimum absolute atomic E-state index is 0.0330. The average Bonchev–Trinajstić information content (AvgIpc) is 2.62. The molecule has 1 atom stereocenters. The van der Waals surface area contributed by atoms with Crippen LogP contribution in [-0.2, 0) is 19.6 Å². The van der Waals surface area contributed by atoms with Gasteiger partial charge in [-0.3, -0.25) is 9.59 Å². The van der Waals surface area contributed by atoms with Crippen LogP contribution in [-0.4, -0.2) is 33.4 Å². The van der Waals surface area contributed by atoms with Gasteiger partial charge in [-0.05, 0) is 55.8 Å². The van der Waals surface area contributed by atoms with Crippen LogP contribution >= 0.6 is 0 Å². The predicted molar refractivity (Wildman–Crippen MR) is 107 cm³/mol. The van der Waals surface area contributed by atoms with Gasteiger partial charge in [0.25, 0.3) is 0 Å². The van der Waals surface area contributed by atoms with E-state index in [1.54, 1.807) is 43.3 Å². The SMILES string of the molecule is COc1ccc(C)cc1S(=O)(=O)N[C@H](C)C(=O)Nc1ccc(NC(C)=O)cc1. The Morgan fingerprint density at radius 2 is 1.57 bits per heavy atom. The van der Waals surface area contributed by atoms with Gasteiger partial charge in [-0.25, -0.2) is 8.42 Å². The molecule has 0 heterocycles. The summed E-state index contributed by atoms with van der Waals surface area (Å²) in [5.41, 5.74) is 1.81. The van der Waals surface area contributed by atoms with Gasteiger partial charge in [0.2, 0.25) is 21.8 Å². The third kappa shape index (κ3) is 5.54. The molecule has 28 heavy (non-hydrogen) atoms. The zero-order valence-corrected chi connectivity index (χ0v) is 16.9. The first kappa shape index (κ1) is 21.4. The Labute approximate surface area is 164 Å². The number of rotatable bonds is 7. The second kappa shape index (κ2) is 8.85. The standard InChI is InChI=1S/C19H23N3O5S/c1-12-5-10-17(27-4)18(11-12)28(25,26)22-13(2)19(24)21-16-8-6-15(7-9-16)20-14(3)23/h5-11,13,22H,1-4H3,(H,20,23)(H,21,24)/t13-/m1/s1. The number of methoxy groups -OCH3 is 1. The van der Waals surface area contributed by atoms with Crippen molar-refractivity contribution in [2.24, 2.45) is 0 Å². The number of hydrogen-bond donors (Lipinski definition) is 3. The molecule has 8 nitrogen and oxygen atoms in total. The van der Waals surface area contributed by atoms with Gasteiger partial charge in [0.05, 0.1) is 13.2 Å². The van der Waals surface area contributed by atoms with Crippen molar-refractivity contribution in [1.29, 1.82) is 0 Å². The summed E-state index contributed by atoms with van der Waals surface area (Å²) in [5, 5.41) is 5.24. The maximum atomic E-state index is 12.7. The lowest BCUT2D eigenvalue weighted by molar-refractivity contribution is -0.117. The van der Waals surface area contributed by atoms with Crippen molar-refractivity contribution < 1.29 is 22.7 Å². The highest BCUT2D eigenvalue weighted by molar-refractivity contribution is 7.89. The van der Waals surface area contributed by atoms with Crippen LogP contribution in [0.2, 0.25) is 0 Å². The summed E-state index contributed by atoms with van der Waals surface area (Å²) in [5.74, 6) is -0.534. The van der Waals surface area contributed by atoms with Crippen molar-refractivity contribution >= 4 is 33.2 Å². The van der Waals surface area contributed by atoms with E-state index in [1.165, 1.54) is 27.0 Å². The van der Waals surface area contributed by atoms with Crippen LogP contribution < -0.4 is 20.1 Å². The lowest BCUT2D eigenvalue weighted by Crippen LogP contribution is -2.41. The zero-order valence-electron chi connectivity index (χ0n) is 16.1. The molecule has 0 radical (unpaired) electrons. The molecule has 0 bridgehead atoms. The normalized spacial score (nSPS) is 12.1. The molecule has 0 spiro atoms. The number of sulfonamides is 1. The van der Waals surface area contributed by atoms with E-state index in [4.69, 9.17) is 4.74 Å². The molecular weight excluding hydrogens is 382 g/mol. The third-order valence-electron chi connectivity index (χ3n) is 3.81. The highest BCUT2D eigenvalue weighted by Gasteiger charge is 2.25. The van der Waals surface area contributed by atoms with E-state index in [9.17, 15) is 18.0 Å². The van der Waals surface area contributed by atoms with Gasteiger partial charge in [0.1, 0.15) is 10.6 Å². The fourth-order valence-corrected chi connectivity index (χ4v) is 3.89. The van der Waals surface area contributed by atoms with Gasteiger partial charge in [0.15, 0.2) is 0 Å². The lowest BCUT2D eigenvalue weighted by atomic mass is 10.2. The van der Waals surface area contributed by atoms with Gasteiger partial charge in [-0.15, -0.1) is 0 Å². The van der Waals surface area contributed by atoms with Crippen LogP contribution in [0.1, 0.15) is 19.4 Å². The monoisotopic (exact) mass is 405 g/mol. The first-order chi connectivity index (χ1) is 13.1. The van der Waals surface area contributed by atoms with Crippen molar-refractivity contribution in [3.8, 4) is 5.75 Å². The number of carbonyl (C=O) groups excluding carboxylic acids is 2. The van der Waals surface area contributed by atoms with E-state index in [0.29, 0.717) is 11.4 Å². The Bertz CT molecular complexity index is 972. The van der Waals surface area contributed by atoms with E-state index >= 15 is 0 Å². The van der Waals surface area contributed by atoms with Crippen LogP contribution in [0, 0.1) is 6.92 Å². The molecular formula is C19H23N3O5S. The molecule has 3 N–H and O–H groups in total. The van der Waals surface area contributed by atoms with Crippen LogP contribution in [0.5, 0.6) is 5.75 Å². The highest BCUT2D eigenvalue weighted by Crippen LogP contribution is 2.24. The molecule has 0 saturated carbocycles. The molecule has 0 aromatic heterocycles. The second-order valence-corrected chi connectivity index (χ2v) is 7.93. The number of aryl methyl sites for hydroxylation is 1. The van der Waals surface area contributed by atoms with Crippen molar-refractivity contribution in [3.05, 3.63) is 48.0 Å². The largest absolute Gasteiger partial charge is 0.495 e. The molecule has 150 valence electrons. The predicted octanol–water partition coefficient (Wildman–Crippen LogP) is 2.27. The van der Waals surface area contributed by atoms with Gasteiger partial charge in [-0.1, -0.05) is 6.07 Å². The maximum absolute atomic E-state index is 12.7. The first-order valence-corrected chi connectivity index (χ1v) is 9.96. The molecule has 2 aromatic carbocycles. The van der Waals surface area contributed by atoms with Gasteiger partial charge in [0, 0.05) is 18.3 Å². The quantitative estimate of drug-likeness (QED) is 0.654. The number of nitrogens with one attached hydrogen (secondary N) is 3. The number of carbonyl (C=O) groups is 2. The molecule has 0 aliphatic carbocycles. The van der Waals surface area contributed by atoms with Crippen LogP contribution in [0.15, 0.2) is 47.4 Å². The molecule has 2 rings (SSSR count). The fourth-order valence-electron chi connectivity index (χ4n) is 2.43. The highest BCUT2D eigenvalue weighted by atomic mass is 32.2. The van der Waals surface area contributed by atoms with Crippen LogP contribution in [0.3, 0.4) is 0 Å². The summed E-state index contributed by atoms with van der Waals surface area (Å²) in [6, 6.07) is 10.2. The van der Waals surface area contributed by atoms with E-state index in [1.807, 2.05) is 0 Å². The Kier molecular flexibility index (Phi) is 6.76. The summed E-state index contributed by atoms with van der Waals surface area (Å²) in [6.07, 6.45) is 0. The van der Waals surface area contributed by atoms with E-state index in [2.05, 4.69) is 15.4 Å². The molecule has 0 fully saturated rings. The number of ether oxygens (including phenoxy) is 1. The molecule has 0 aliphatic heterocycles. The van der Waals surface area contributed by atoms with Crippen molar-refractivity contribution in [1.82, 2.24) is 4.72 Å². The fraction of sp³-hybridized carbons (Fsp3) is 0.263. The van der Waals surface area contributed by atoms with Crippen LogP contribution in [0.4, 0.5) is 11.4 Å². The summed E-state index contributed by atoms with van der Waals surface area (Å²) in [4.78, 5) is 23.4. The third-order valence-corrected chi connectivity index (χ3v) is 5.37. The summed E-state index contributed by atoms with van der Waals surface area (Å²) in [6.45, 7) is 4.60. The maximum Gasteiger partial charge on any atom is 0.244 e. The number of anilines is 2. The lowest BCUT2D eigenvalue weighted by Gasteiger charge is -2.16. The Morgan fingerprint density at radius 1 is 1.00 bits per heavy atom. The number of amides is 2. The summed E-state index contributed by atoms with van der Waals surface area (Å²) in [7, 11) is -2.59. The second-order valence-electron chi connectivity index (χ2n) is 6.25. The topological polar surface area (TPSA) is 114 Å². The minimum atomic E-state index is -3.97. The number of hydrogen-bond acceptors (Lipinski definition) is 5. The molecule has 9 heteroatoms. The average molecular weight is 405 g/mol. The molecule has 0 unspecified atom stereocenters. The Hall–Kier alpha value is -2.91. The zero-order chi connectivity index (χ0) is 20.9. The molecule has 2 aromatic rings. The molecule has 0 saturated heterocycles. The van der Waals surface area contributed by atoms with Crippen molar-refractivity contribution in [3.63, 3.8) is 0 Å². The van der Waals surface area contributed by atoms with Crippen LogP contribution in [0.25, 0.3) is 0 Å². The van der Waals surface area contributed by atoms with Gasteiger partial charge >= 0.3 is 0 Å². The Balaban J connectivity index is 2.09. The molecule has 0 aliphatic rings.